The van der Waals surface area contributed by atoms with Crippen LogP contribution in [-0.4, -0.2) is 15.6 Å². The molecule has 0 unspecified atom stereocenters. The van der Waals surface area contributed by atoms with Gasteiger partial charge in [0.25, 0.3) is 5.91 Å². The molecule has 3 rings (SSSR count). The van der Waals surface area contributed by atoms with Crippen molar-refractivity contribution in [1.82, 2.24) is 4.57 Å². The fraction of sp³-hybridized carbons (Fsp3) is 0.0625. The van der Waals surface area contributed by atoms with Crippen molar-refractivity contribution in [1.29, 1.82) is 0 Å². The number of aryl methyl sites for hydroxylation is 1. The summed E-state index contributed by atoms with van der Waals surface area (Å²) in [6, 6.07) is 11.9. The Morgan fingerprint density at radius 1 is 1.14 bits per heavy atom. The van der Waals surface area contributed by atoms with E-state index in [9.17, 15) is 9.90 Å². The molecule has 3 aromatic rings. The van der Waals surface area contributed by atoms with Crippen LogP contribution in [0, 0.1) is 0 Å². The maximum Gasteiger partial charge on any atom is 0.250 e. The number of nitrogens with two attached hydrogens (primary N) is 1. The predicted molar refractivity (Wildman–Crippen MR) is 79.6 cm³/mol. The Morgan fingerprint density at radius 2 is 1.81 bits per heavy atom. The molecule has 0 atom stereocenters. The summed E-state index contributed by atoms with van der Waals surface area (Å²) in [6.45, 7) is 0. The molecular formula is C16H14N2O3. The highest BCUT2D eigenvalue weighted by atomic mass is 16.5. The second kappa shape index (κ2) is 4.86. The summed E-state index contributed by atoms with van der Waals surface area (Å²) in [5.41, 5.74) is 6.76. The summed E-state index contributed by atoms with van der Waals surface area (Å²) in [6.07, 6.45) is 1.71. The first kappa shape index (κ1) is 13.1. The number of carbonyl (C=O) groups excluding carboxylic acids is 1. The minimum absolute atomic E-state index is 0.178. The van der Waals surface area contributed by atoms with E-state index in [0.29, 0.717) is 17.1 Å². The van der Waals surface area contributed by atoms with Crippen LogP contribution in [0.25, 0.3) is 10.9 Å². The molecule has 1 amide bonds. The summed E-state index contributed by atoms with van der Waals surface area (Å²) in [4.78, 5) is 11.5. The van der Waals surface area contributed by atoms with Gasteiger partial charge in [0.15, 0.2) is 0 Å². The van der Waals surface area contributed by atoms with Crippen LogP contribution in [0.2, 0.25) is 0 Å². The van der Waals surface area contributed by atoms with Crippen molar-refractivity contribution < 1.29 is 14.6 Å². The summed E-state index contributed by atoms with van der Waals surface area (Å²) in [7, 11) is 1.86. The number of primary amides is 1. The number of aromatic nitrogens is 1. The van der Waals surface area contributed by atoms with Crippen molar-refractivity contribution in [3.05, 3.63) is 54.2 Å². The van der Waals surface area contributed by atoms with Gasteiger partial charge in [-0.25, -0.2) is 0 Å². The van der Waals surface area contributed by atoms with Gasteiger partial charge in [-0.2, -0.15) is 0 Å². The van der Waals surface area contributed by atoms with Crippen LogP contribution in [0.15, 0.2) is 48.7 Å². The molecule has 2 aromatic carbocycles. The van der Waals surface area contributed by atoms with Gasteiger partial charge in [-0.3, -0.25) is 4.79 Å². The van der Waals surface area contributed by atoms with E-state index < -0.39 is 5.91 Å². The van der Waals surface area contributed by atoms with Crippen LogP contribution < -0.4 is 10.5 Å². The number of aromatic hydroxyl groups is 1. The zero-order chi connectivity index (χ0) is 15.0. The third kappa shape index (κ3) is 2.41. The average Bonchev–Trinajstić information content (AvgIpc) is 2.79. The Labute approximate surface area is 121 Å². The number of ether oxygens (including phenoxy) is 1. The van der Waals surface area contributed by atoms with E-state index in [2.05, 4.69) is 0 Å². The quantitative estimate of drug-likeness (QED) is 0.775. The topological polar surface area (TPSA) is 77.5 Å². The van der Waals surface area contributed by atoms with Crippen LogP contribution in [0.4, 0.5) is 0 Å². The van der Waals surface area contributed by atoms with Crippen LogP contribution in [0.1, 0.15) is 10.4 Å². The van der Waals surface area contributed by atoms with Gasteiger partial charge in [-0.1, -0.05) is 0 Å². The van der Waals surface area contributed by atoms with E-state index >= 15 is 0 Å². The third-order valence-electron chi connectivity index (χ3n) is 3.30. The molecule has 0 aliphatic carbocycles. The lowest BCUT2D eigenvalue weighted by molar-refractivity contribution is 0.100. The fourth-order valence-corrected chi connectivity index (χ4v) is 2.28. The number of benzene rings is 2. The number of amides is 1. The molecular weight excluding hydrogens is 268 g/mol. The molecule has 0 saturated carbocycles. The number of nitrogens with zero attached hydrogens (tertiary/aromatic N) is 1. The molecule has 0 bridgehead atoms. The SMILES string of the molecule is Cn1cc(C(N)=O)c2cc(Oc3ccc(O)cc3)ccc21. The monoisotopic (exact) mass is 282 g/mol. The second-order valence-electron chi connectivity index (χ2n) is 4.79. The molecule has 0 fully saturated rings. The van der Waals surface area contributed by atoms with Crippen LogP contribution in [-0.2, 0) is 7.05 Å². The first-order valence-electron chi connectivity index (χ1n) is 6.40. The van der Waals surface area contributed by atoms with Gasteiger partial charge < -0.3 is 20.1 Å². The van der Waals surface area contributed by atoms with Gasteiger partial charge in [-0.05, 0) is 42.5 Å². The Kier molecular flexibility index (Phi) is 3.02. The minimum Gasteiger partial charge on any atom is -0.508 e. The van der Waals surface area contributed by atoms with Gasteiger partial charge in [0.1, 0.15) is 17.2 Å². The molecule has 0 saturated heterocycles. The fourth-order valence-electron chi connectivity index (χ4n) is 2.28. The highest BCUT2D eigenvalue weighted by Crippen LogP contribution is 2.29. The van der Waals surface area contributed by atoms with Crippen molar-refractivity contribution in [2.45, 2.75) is 0 Å². The normalized spacial score (nSPS) is 10.7. The van der Waals surface area contributed by atoms with Gasteiger partial charge in [0, 0.05) is 24.1 Å². The van der Waals surface area contributed by atoms with Gasteiger partial charge in [0.05, 0.1) is 5.56 Å². The van der Waals surface area contributed by atoms with Crippen LogP contribution in [0.5, 0.6) is 17.2 Å². The Hall–Kier alpha value is -2.95. The average molecular weight is 282 g/mol. The lowest BCUT2D eigenvalue weighted by atomic mass is 10.1. The lowest BCUT2D eigenvalue weighted by Crippen LogP contribution is -2.10. The van der Waals surface area contributed by atoms with E-state index in [1.807, 2.05) is 23.7 Å². The molecule has 0 spiro atoms. The Morgan fingerprint density at radius 3 is 2.48 bits per heavy atom. The van der Waals surface area contributed by atoms with Crippen molar-refractivity contribution in [2.75, 3.05) is 0 Å². The molecule has 0 aliphatic rings. The number of phenolic OH excluding ortho intramolecular Hbond substituents is 1. The van der Waals surface area contributed by atoms with Crippen molar-refractivity contribution in [2.24, 2.45) is 12.8 Å². The molecule has 3 N–H and O–H groups in total. The van der Waals surface area contributed by atoms with E-state index in [1.54, 1.807) is 36.5 Å². The minimum atomic E-state index is -0.470. The number of phenols is 1. The van der Waals surface area contributed by atoms with Gasteiger partial charge >= 0.3 is 0 Å². The molecule has 1 aromatic heterocycles. The maximum atomic E-state index is 11.5. The van der Waals surface area contributed by atoms with Gasteiger partial charge in [-0.15, -0.1) is 0 Å². The number of hydrogen-bond donors (Lipinski definition) is 2. The molecule has 1 heterocycles. The molecule has 0 aliphatic heterocycles. The van der Waals surface area contributed by atoms with E-state index in [4.69, 9.17) is 10.5 Å². The molecule has 21 heavy (non-hydrogen) atoms. The lowest BCUT2D eigenvalue weighted by Gasteiger charge is -2.06. The molecule has 106 valence electrons. The zero-order valence-corrected chi connectivity index (χ0v) is 11.4. The van der Waals surface area contributed by atoms with Crippen LogP contribution in [0.3, 0.4) is 0 Å². The summed E-state index contributed by atoms with van der Waals surface area (Å²) in [5.74, 6) is 0.907. The van der Waals surface area contributed by atoms with Crippen molar-refractivity contribution in [3.8, 4) is 17.2 Å². The summed E-state index contributed by atoms with van der Waals surface area (Å²) < 4.78 is 7.56. The first-order chi connectivity index (χ1) is 10.0. The predicted octanol–water partition coefficient (Wildman–Crippen LogP) is 2.78. The maximum absolute atomic E-state index is 11.5. The summed E-state index contributed by atoms with van der Waals surface area (Å²) in [5, 5.41) is 10.0. The van der Waals surface area contributed by atoms with Crippen LogP contribution >= 0.6 is 0 Å². The smallest absolute Gasteiger partial charge is 0.250 e. The number of hydrogen-bond acceptors (Lipinski definition) is 3. The standard InChI is InChI=1S/C16H14N2O3/c1-18-9-14(16(17)20)13-8-12(6-7-15(13)18)21-11-4-2-10(19)3-5-11/h2-9,19H,1H3,(H2,17,20). The second-order valence-corrected chi connectivity index (χ2v) is 4.79. The van der Waals surface area contributed by atoms with Crippen molar-refractivity contribution in [3.63, 3.8) is 0 Å². The Balaban J connectivity index is 2.02. The highest BCUT2D eigenvalue weighted by molar-refractivity contribution is 6.06. The molecule has 5 heteroatoms. The highest BCUT2D eigenvalue weighted by Gasteiger charge is 2.12. The van der Waals surface area contributed by atoms with E-state index in [-0.39, 0.29) is 5.75 Å². The zero-order valence-electron chi connectivity index (χ0n) is 11.4. The van der Waals surface area contributed by atoms with Gasteiger partial charge in [0.2, 0.25) is 0 Å². The molecule has 0 radical (unpaired) electrons. The van der Waals surface area contributed by atoms with E-state index in [0.717, 1.165) is 10.9 Å². The van der Waals surface area contributed by atoms with E-state index in [1.165, 1.54) is 0 Å². The number of fused-ring (bicyclic) bond motifs is 1. The Bertz CT molecular complexity index is 819. The molecule has 5 nitrogen and oxygen atoms in total. The number of rotatable bonds is 3. The first-order valence-corrected chi connectivity index (χ1v) is 6.40. The summed E-state index contributed by atoms with van der Waals surface area (Å²) >= 11 is 0. The van der Waals surface area contributed by atoms with Crippen molar-refractivity contribution >= 4 is 16.8 Å². The number of carbonyl (C=O) groups is 1. The third-order valence-corrected chi connectivity index (χ3v) is 3.30. The largest absolute Gasteiger partial charge is 0.508 e.